The van der Waals surface area contributed by atoms with Gasteiger partial charge in [-0.1, -0.05) is 12.1 Å². The van der Waals surface area contributed by atoms with E-state index in [-0.39, 0.29) is 17.5 Å². The molecule has 0 radical (unpaired) electrons. The van der Waals surface area contributed by atoms with Crippen molar-refractivity contribution >= 4 is 5.91 Å². The van der Waals surface area contributed by atoms with Gasteiger partial charge in [-0.25, -0.2) is 0 Å². The van der Waals surface area contributed by atoms with Crippen molar-refractivity contribution < 1.29 is 14.3 Å². The second-order valence-corrected chi connectivity index (χ2v) is 2.79. The average Bonchev–Trinajstić information content (AvgIpc) is 2.67. The van der Waals surface area contributed by atoms with Gasteiger partial charge in [-0.15, -0.1) is 10.2 Å². The van der Waals surface area contributed by atoms with E-state index in [1.807, 2.05) is 0 Å². The predicted octanol–water partition coefficient (Wildman–Crippen LogP) is 0.541. The lowest BCUT2D eigenvalue weighted by Crippen LogP contribution is -2.10. The van der Waals surface area contributed by atoms with Crippen LogP contribution in [-0.4, -0.2) is 21.2 Å². The number of aromatic nitrogens is 2. The predicted molar refractivity (Wildman–Crippen MR) is 49.9 cm³/mol. The first-order valence-electron chi connectivity index (χ1n) is 4.10. The lowest BCUT2D eigenvalue weighted by molar-refractivity contribution is 0.0968. The number of carbonyl (C=O) groups is 1. The van der Waals surface area contributed by atoms with Crippen LogP contribution in [0.5, 0.6) is 5.75 Å². The standard InChI is InChI=1S/C9H7N3O3/c10-7(14)9-12-11-8(15-9)5-3-1-2-4-6(5)13/h1-4,13H,(H2,10,14). The van der Waals surface area contributed by atoms with Crippen LogP contribution in [0.1, 0.15) is 10.7 Å². The number of primary amides is 1. The molecule has 3 N–H and O–H groups in total. The summed E-state index contributed by atoms with van der Waals surface area (Å²) in [6.07, 6.45) is 0. The largest absolute Gasteiger partial charge is 0.507 e. The zero-order valence-corrected chi connectivity index (χ0v) is 7.54. The number of carbonyl (C=O) groups excluding carboxylic acids is 1. The van der Waals surface area contributed by atoms with Gasteiger partial charge in [0.15, 0.2) is 0 Å². The van der Waals surface area contributed by atoms with Crippen molar-refractivity contribution in [3.05, 3.63) is 30.2 Å². The minimum atomic E-state index is -0.802. The van der Waals surface area contributed by atoms with Gasteiger partial charge in [-0.2, -0.15) is 0 Å². The maximum Gasteiger partial charge on any atom is 0.306 e. The van der Waals surface area contributed by atoms with Crippen molar-refractivity contribution in [3.63, 3.8) is 0 Å². The van der Waals surface area contributed by atoms with Crippen LogP contribution in [0.3, 0.4) is 0 Å². The monoisotopic (exact) mass is 205 g/mol. The lowest BCUT2D eigenvalue weighted by atomic mass is 10.2. The summed E-state index contributed by atoms with van der Waals surface area (Å²) in [5, 5.41) is 16.5. The number of phenols is 1. The minimum absolute atomic E-state index is 0.00262. The molecule has 1 aromatic heterocycles. The summed E-state index contributed by atoms with van der Waals surface area (Å²) in [4.78, 5) is 10.7. The van der Waals surface area contributed by atoms with E-state index in [1.54, 1.807) is 18.2 Å². The van der Waals surface area contributed by atoms with E-state index >= 15 is 0 Å². The zero-order chi connectivity index (χ0) is 10.8. The molecular weight excluding hydrogens is 198 g/mol. The number of nitrogens with two attached hydrogens (primary N) is 1. The van der Waals surface area contributed by atoms with Gasteiger partial charge in [-0.3, -0.25) is 4.79 Å². The van der Waals surface area contributed by atoms with Crippen molar-refractivity contribution in [1.82, 2.24) is 10.2 Å². The van der Waals surface area contributed by atoms with E-state index in [0.717, 1.165) is 0 Å². The Morgan fingerprint density at radius 3 is 2.67 bits per heavy atom. The molecule has 0 aliphatic carbocycles. The molecular formula is C9H7N3O3. The van der Waals surface area contributed by atoms with Gasteiger partial charge < -0.3 is 15.3 Å². The molecule has 0 unspecified atom stereocenters. The zero-order valence-electron chi connectivity index (χ0n) is 7.54. The third-order valence-corrected chi connectivity index (χ3v) is 1.77. The fourth-order valence-electron chi connectivity index (χ4n) is 1.09. The number of nitrogens with zero attached hydrogens (tertiary/aromatic N) is 2. The molecule has 1 amide bonds. The highest BCUT2D eigenvalue weighted by Crippen LogP contribution is 2.26. The maximum atomic E-state index is 10.7. The second-order valence-electron chi connectivity index (χ2n) is 2.79. The number of hydrogen-bond donors (Lipinski definition) is 2. The lowest BCUT2D eigenvalue weighted by Gasteiger charge is -1.96. The molecule has 0 aliphatic rings. The summed E-state index contributed by atoms with van der Waals surface area (Å²) in [6, 6.07) is 6.42. The van der Waals surface area contributed by atoms with Crippen molar-refractivity contribution in [3.8, 4) is 17.2 Å². The van der Waals surface area contributed by atoms with Crippen LogP contribution in [0.25, 0.3) is 11.5 Å². The first-order chi connectivity index (χ1) is 7.18. The third-order valence-electron chi connectivity index (χ3n) is 1.77. The summed E-state index contributed by atoms with van der Waals surface area (Å²) in [5.74, 6) is -1.03. The number of benzene rings is 1. The van der Waals surface area contributed by atoms with E-state index in [0.29, 0.717) is 5.56 Å². The number of aromatic hydroxyl groups is 1. The molecule has 0 fully saturated rings. The Bertz CT molecular complexity index is 507. The van der Waals surface area contributed by atoms with Gasteiger partial charge in [0, 0.05) is 0 Å². The van der Waals surface area contributed by atoms with Crippen LogP contribution < -0.4 is 5.73 Å². The van der Waals surface area contributed by atoms with Crippen LogP contribution in [-0.2, 0) is 0 Å². The molecule has 0 aliphatic heterocycles. The van der Waals surface area contributed by atoms with Crippen molar-refractivity contribution in [2.24, 2.45) is 5.73 Å². The first kappa shape index (κ1) is 9.20. The molecule has 15 heavy (non-hydrogen) atoms. The quantitative estimate of drug-likeness (QED) is 0.744. The Morgan fingerprint density at radius 1 is 1.33 bits per heavy atom. The normalized spacial score (nSPS) is 10.1. The summed E-state index contributed by atoms with van der Waals surface area (Å²) in [7, 11) is 0. The molecule has 76 valence electrons. The van der Waals surface area contributed by atoms with Gasteiger partial charge in [0.1, 0.15) is 5.75 Å². The van der Waals surface area contributed by atoms with E-state index in [1.165, 1.54) is 6.07 Å². The average molecular weight is 205 g/mol. The third kappa shape index (κ3) is 1.64. The summed E-state index contributed by atoms with van der Waals surface area (Å²) < 4.78 is 4.96. The highest BCUT2D eigenvalue weighted by Gasteiger charge is 2.14. The van der Waals surface area contributed by atoms with Gasteiger partial charge in [0.25, 0.3) is 5.89 Å². The molecule has 6 heteroatoms. The smallest absolute Gasteiger partial charge is 0.306 e. The second kappa shape index (κ2) is 3.41. The molecule has 2 aromatic rings. The SMILES string of the molecule is NC(=O)c1nnc(-c2ccccc2O)o1. The fraction of sp³-hybridized carbons (Fsp3) is 0. The maximum absolute atomic E-state index is 10.7. The number of phenolic OH excluding ortho intramolecular Hbond substituents is 1. The van der Waals surface area contributed by atoms with Crippen molar-refractivity contribution in [1.29, 1.82) is 0 Å². The minimum Gasteiger partial charge on any atom is -0.507 e. The highest BCUT2D eigenvalue weighted by molar-refractivity contribution is 5.88. The van der Waals surface area contributed by atoms with Crippen LogP contribution in [0.4, 0.5) is 0 Å². The molecule has 0 spiro atoms. The Labute approximate surface area is 84.4 Å². The van der Waals surface area contributed by atoms with Crippen LogP contribution >= 0.6 is 0 Å². The summed E-state index contributed by atoms with van der Waals surface area (Å²) in [6.45, 7) is 0. The Balaban J connectivity index is 2.46. The van der Waals surface area contributed by atoms with Crippen LogP contribution in [0.2, 0.25) is 0 Å². The Morgan fingerprint density at radius 2 is 2.07 bits per heavy atom. The Hall–Kier alpha value is -2.37. The topological polar surface area (TPSA) is 102 Å². The van der Waals surface area contributed by atoms with E-state index in [2.05, 4.69) is 10.2 Å². The molecule has 0 saturated heterocycles. The van der Waals surface area contributed by atoms with Gasteiger partial charge >= 0.3 is 11.8 Å². The van der Waals surface area contributed by atoms with Gasteiger partial charge in [-0.05, 0) is 12.1 Å². The molecule has 0 bridgehead atoms. The highest BCUT2D eigenvalue weighted by atomic mass is 16.4. The first-order valence-corrected chi connectivity index (χ1v) is 4.10. The van der Waals surface area contributed by atoms with Gasteiger partial charge in [0.2, 0.25) is 0 Å². The van der Waals surface area contributed by atoms with Crippen LogP contribution in [0, 0.1) is 0 Å². The fourth-order valence-corrected chi connectivity index (χ4v) is 1.09. The number of para-hydroxylation sites is 1. The number of rotatable bonds is 2. The van der Waals surface area contributed by atoms with Crippen molar-refractivity contribution in [2.75, 3.05) is 0 Å². The molecule has 1 heterocycles. The molecule has 0 saturated carbocycles. The number of amides is 1. The van der Waals surface area contributed by atoms with Gasteiger partial charge in [0.05, 0.1) is 5.56 Å². The summed E-state index contributed by atoms with van der Waals surface area (Å²) in [5.41, 5.74) is 5.30. The van der Waals surface area contributed by atoms with E-state index < -0.39 is 5.91 Å². The Kier molecular flexibility index (Phi) is 2.09. The molecule has 2 rings (SSSR count). The number of hydrogen-bond acceptors (Lipinski definition) is 5. The molecule has 6 nitrogen and oxygen atoms in total. The molecule has 0 atom stereocenters. The van der Waals surface area contributed by atoms with E-state index in [9.17, 15) is 9.90 Å². The van der Waals surface area contributed by atoms with Crippen LogP contribution in [0.15, 0.2) is 28.7 Å². The summed E-state index contributed by atoms with van der Waals surface area (Å²) >= 11 is 0. The molecule has 1 aromatic carbocycles. The van der Waals surface area contributed by atoms with E-state index in [4.69, 9.17) is 10.2 Å². The van der Waals surface area contributed by atoms with Crippen molar-refractivity contribution in [2.45, 2.75) is 0 Å².